The van der Waals surface area contributed by atoms with Crippen LogP contribution >= 0.6 is 0 Å². The molecule has 0 aliphatic heterocycles. The van der Waals surface area contributed by atoms with Gasteiger partial charge in [-0.1, -0.05) is 19.8 Å². The van der Waals surface area contributed by atoms with Crippen LogP contribution in [0, 0.1) is 5.92 Å². The molecule has 23 heavy (non-hydrogen) atoms. The summed E-state index contributed by atoms with van der Waals surface area (Å²) in [5.74, 6) is 2.24. The lowest BCUT2D eigenvalue weighted by atomic mass is 10.2. The lowest BCUT2D eigenvalue weighted by Gasteiger charge is -2.26. The second kappa shape index (κ2) is 6.60. The molecule has 2 N–H and O–H groups in total. The molecule has 0 aromatic carbocycles. The molecule has 1 aromatic rings. The second-order valence-electron chi connectivity index (χ2n) is 6.76. The maximum atomic E-state index is 12.4. The molecule has 124 valence electrons. The van der Waals surface area contributed by atoms with Crippen molar-refractivity contribution in [1.29, 1.82) is 0 Å². The maximum absolute atomic E-state index is 12.4. The van der Waals surface area contributed by atoms with Gasteiger partial charge in [0.25, 0.3) is 0 Å². The molecule has 2 aliphatic rings. The molecule has 2 atom stereocenters. The monoisotopic (exact) mass is 316 g/mol. The molecule has 0 spiro atoms. The normalized spacial score (nSPS) is 24.2. The van der Waals surface area contributed by atoms with Crippen LogP contribution in [0.25, 0.3) is 6.08 Å². The number of nitrogens with two attached hydrogens (primary N) is 1. The van der Waals surface area contributed by atoms with Crippen molar-refractivity contribution < 1.29 is 14.0 Å². The highest BCUT2D eigenvalue weighted by molar-refractivity contribution is 5.94. The molecule has 5 nitrogen and oxygen atoms in total. The molecule has 3 rings (SSSR count). The topological polar surface area (TPSA) is 76.5 Å². The van der Waals surface area contributed by atoms with E-state index in [0.29, 0.717) is 17.6 Å². The van der Waals surface area contributed by atoms with E-state index in [0.717, 1.165) is 31.4 Å². The van der Waals surface area contributed by atoms with Crippen LogP contribution < -0.4 is 5.73 Å². The van der Waals surface area contributed by atoms with Crippen molar-refractivity contribution in [2.75, 3.05) is 6.54 Å². The van der Waals surface area contributed by atoms with E-state index in [2.05, 4.69) is 6.92 Å². The third-order valence-corrected chi connectivity index (χ3v) is 4.89. The Morgan fingerprint density at radius 3 is 2.65 bits per heavy atom. The Kier molecular flexibility index (Phi) is 4.55. The molecule has 1 aromatic heterocycles. The SMILES string of the molecule is CC1CC1c1ccc(C=CC(=O)N(CC(N)=O)C2CCCC2)o1. The van der Waals surface area contributed by atoms with Crippen LogP contribution in [0.15, 0.2) is 22.6 Å². The quantitative estimate of drug-likeness (QED) is 0.820. The lowest BCUT2D eigenvalue weighted by molar-refractivity contribution is -0.133. The lowest BCUT2D eigenvalue weighted by Crippen LogP contribution is -2.43. The summed E-state index contributed by atoms with van der Waals surface area (Å²) >= 11 is 0. The molecule has 2 amide bonds. The van der Waals surface area contributed by atoms with Crippen molar-refractivity contribution in [2.24, 2.45) is 11.7 Å². The first kappa shape index (κ1) is 15.8. The van der Waals surface area contributed by atoms with Crippen LogP contribution in [-0.4, -0.2) is 29.3 Å². The first-order chi connectivity index (χ1) is 11.0. The van der Waals surface area contributed by atoms with Crippen molar-refractivity contribution in [3.05, 3.63) is 29.7 Å². The zero-order valence-electron chi connectivity index (χ0n) is 13.5. The van der Waals surface area contributed by atoms with Crippen molar-refractivity contribution in [1.82, 2.24) is 4.90 Å². The summed E-state index contributed by atoms with van der Waals surface area (Å²) in [7, 11) is 0. The summed E-state index contributed by atoms with van der Waals surface area (Å²) in [5.41, 5.74) is 5.29. The molecule has 2 unspecified atom stereocenters. The van der Waals surface area contributed by atoms with E-state index in [9.17, 15) is 9.59 Å². The predicted molar refractivity (Wildman–Crippen MR) is 87.4 cm³/mol. The summed E-state index contributed by atoms with van der Waals surface area (Å²) in [4.78, 5) is 25.3. The van der Waals surface area contributed by atoms with Crippen molar-refractivity contribution in [3.63, 3.8) is 0 Å². The van der Waals surface area contributed by atoms with Crippen LogP contribution in [0.2, 0.25) is 0 Å². The Hall–Kier alpha value is -2.04. The molecule has 2 aliphatic carbocycles. The predicted octanol–water partition coefficient (Wildman–Crippen LogP) is 2.67. The van der Waals surface area contributed by atoms with Crippen LogP contribution in [0.1, 0.15) is 56.5 Å². The van der Waals surface area contributed by atoms with Gasteiger partial charge >= 0.3 is 0 Å². The van der Waals surface area contributed by atoms with E-state index in [-0.39, 0.29) is 18.5 Å². The molecule has 2 saturated carbocycles. The van der Waals surface area contributed by atoms with Gasteiger partial charge in [0, 0.05) is 18.0 Å². The van der Waals surface area contributed by atoms with E-state index in [1.807, 2.05) is 12.1 Å². The van der Waals surface area contributed by atoms with Gasteiger partial charge in [-0.15, -0.1) is 0 Å². The summed E-state index contributed by atoms with van der Waals surface area (Å²) in [6.07, 6.45) is 8.41. The van der Waals surface area contributed by atoms with E-state index >= 15 is 0 Å². The van der Waals surface area contributed by atoms with E-state index < -0.39 is 5.91 Å². The fourth-order valence-corrected chi connectivity index (χ4v) is 3.40. The minimum atomic E-state index is -0.471. The number of furan rings is 1. The molecular weight excluding hydrogens is 292 g/mol. The fourth-order valence-electron chi connectivity index (χ4n) is 3.40. The average molecular weight is 316 g/mol. The van der Waals surface area contributed by atoms with Crippen LogP contribution in [-0.2, 0) is 9.59 Å². The Morgan fingerprint density at radius 1 is 1.35 bits per heavy atom. The fraction of sp³-hybridized carbons (Fsp3) is 0.556. The van der Waals surface area contributed by atoms with Crippen molar-refractivity contribution in [2.45, 2.75) is 51.0 Å². The number of amides is 2. The average Bonchev–Trinajstić information content (AvgIpc) is 2.98. The summed E-state index contributed by atoms with van der Waals surface area (Å²) in [6.45, 7) is 2.19. The molecule has 5 heteroatoms. The summed E-state index contributed by atoms with van der Waals surface area (Å²) < 4.78 is 5.77. The highest BCUT2D eigenvalue weighted by atomic mass is 16.3. The largest absolute Gasteiger partial charge is 0.461 e. The number of carbonyl (C=O) groups excluding carboxylic acids is 2. The van der Waals surface area contributed by atoms with Crippen LogP contribution in [0.4, 0.5) is 0 Å². The van der Waals surface area contributed by atoms with E-state index in [4.69, 9.17) is 10.2 Å². The highest BCUT2D eigenvalue weighted by Crippen LogP contribution is 2.47. The highest BCUT2D eigenvalue weighted by Gasteiger charge is 2.36. The van der Waals surface area contributed by atoms with Crippen molar-refractivity contribution >= 4 is 17.9 Å². The van der Waals surface area contributed by atoms with Crippen LogP contribution in [0.5, 0.6) is 0 Å². The van der Waals surface area contributed by atoms with Crippen molar-refractivity contribution in [3.8, 4) is 0 Å². The van der Waals surface area contributed by atoms with Gasteiger partial charge in [0.15, 0.2) is 0 Å². The molecule has 0 radical (unpaired) electrons. The van der Waals surface area contributed by atoms with Gasteiger partial charge in [-0.25, -0.2) is 0 Å². The van der Waals surface area contributed by atoms with E-state index in [1.54, 1.807) is 11.0 Å². The van der Waals surface area contributed by atoms with Crippen LogP contribution in [0.3, 0.4) is 0 Å². The van der Waals surface area contributed by atoms with Gasteiger partial charge in [0.2, 0.25) is 11.8 Å². The number of primary amides is 1. The van der Waals surface area contributed by atoms with Gasteiger partial charge in [0.05, 0.1) is 6.54 Å². The number of hydrogen-bond acceptors (Lipinski definition) is 3. The summed E-state index contributed by atoms with van der Waals surface area (Å²) in [5, 5.41) is 0. The van der Waals surface area contributed by atoms with Gasteiger partial charge < -0.3 is 15.1 Å². The van der Waals surface area contributed by atoms with E-state index in [1.165, 1.54) is 12.5 Å². The molecule has 0 bridgehead atoms. The molecule has 0 saturated heterocycles. The maximum Gasteiger partial charge on any atom is 0.247 e. The van der Waals surface area contributed by atoms with Gasteiger partial charge in [0.1, 0.15) is 11.5 Å². The first-order valence-electron chi connectivity index (χ1n) is 8.41. The van der Waals surface area contributed by atoms with Gasteiger partial charge in [-0.05, 0) is 43.4 Å². The standard InChI is InChI=1S/C18H24N2O3/c1-12-10-15(12)16-8-6-14(23-16)7-9-18(22)20(11-17(19)21)13-4-2-3-5-13/h6-9,12-13,15H,2-5,10-11H2,1H3,(H2,19,21). The molecule has 1 heterocycles. The number of rotatable bonds is 6. The molecule has 2 fully saturated rings. The zero-order valence-corrected chi connectivity index (χ0v) is 13.5. The minimum Gasteiger partial charge on any atom is -0.461 e. The zero-order chi connectivity index (χ0) is 16.4. The Bertz CT molecular complexity index is 614. The third kappa shape index (κ3) is 3.84. The second-order valence-corrected chi connectivity index (χ2v) is 6.76. The smallest absolute Gasteiger partial charge is 0.247 e. The first-order valence-corrected chi connectivity index (χ1v) is 8.41. The number of nitrogens with zero attached hydrogens (tertiary/aromatic N) is 1. The minimum absolute atomic E-state index is 0.0170. The molecular formula is C18H24N2O3. The Balaban J connectivity index is 1.65. The number of hydrogen-bond donors (Lipinski definition) is 1. The van der Waals surface area contributed by atoms with Gasteiger partial charge in [-0.2, -0.15) is 0 Å². The Morgan fingerprint density at radius 2 is 2.04 bits per heavy atom. The third-order valence-electron chi connectivity index (χ3n) is 4.89. The van der Waals surface area contributed by atoms with Gasteiger partial charge in [-0.3, -0.25) is 9.59 Å². The Labute approximate surface area is 136 Å². The number of carbonyl (C=O) groups is 2. The summed E-state index contributed by atoms with van der Waals surface area (Å²) in [6, 6.07) is 3.99.